The Hall–Kier alpha value is -1.76. The Morgan fingerprint density at radius 1 is 0.741 bits per heavy atom. The highest BCUT2D eigenvalue weighted by Crippen LogP contribution is 2.46. The van der Waals surface area contributed by atoms with Crippen LogP contribution in [-0.4, -0.2) is 43.9 Å². The maximum absolute atomic E-state index is 6.24. The van der Waals surface area contributed by atoms with E-state index >= 15 is 0 Å². The van der Waals surface area contributed by atoms with Crippen LogP contribution in [0.2, 0.25) is 0 Å². The van der Waals surface area contributed by atoms with Crippen molar-refractivity contribution in [2.75, 3.05) is 13.4 Å². The second kappa shape index (κ2) is 7.70. The van der Waals surface area contributed by atoms with Gasteiger partial charge < -0.3 is 23.7 Å². The molecular formula is C22H24O5. The Bertz CT molecular complexity index is 735. The van der Waals surface area contributed by atoms with Crippen molar-refractivity contribution in [3.8, 4) is 0 Å². The number of hydrogen-bond donors (Lipinski definition) is 0. The molecule has 3 fully saturated rings. The SMILES string of the molecule is c1ccc(COC[C@@H]2[C@H]3OCO[C@H]([C@H]3OCc3ccccc3)[C@@H]3O[C@H]23)cc1. The molecule has 0 aromatic heterocycles. The summed E-state index contributed by atoms with van der Waals surface area (Å²) in [5, 5.41) is 0. The first-order chi connectivity index (χ1) is 13.4. The third-order valence-electron chi connectivity index (χ3n) is 5.60. The molecule has 27 heavy (non-hydrogen) atoms. The monoisotopic (exact) mass is 368 g/mol. The van der Waals surface area contributed by atoms with Crippen LogP contribution in [0.4, 0.5) is 0 Å². The first-order valence-electron chi connectivity index (χ1n) is 9.56. The minimum atomic E-state index is -0.131. The summed E-state index contributed by atoms with van der Waals surface area (Å²) < 4.78 is 29.9. The maximum atomic E-state index is 6.24. The fourth-order valence-electron chi connectivity index (χ4n) is 4.19. The summed E-state index contributed by atoms with van der Waals surface area (Å²) in [7, 11) is 0. The number of rotatable bonds is 7. The second-order valence-electron chi connectivity index (χ2n) is 7.37. The predicted octanol–water partition coefficient (Wildman–Crippen LogP) is 2.93. The van der Waals surface area contributed by atoms with E-state index in [1.54, 1.807) is 0 Å². The Morgan fingerprint density at radius 3 is 2.15 bits per heavy atom. The van der Waals surface area contributed by atoms with Gasteiger partial charge in [0.25, 0.3) is 0 Å². The van der Waals surface area contributed by atoms with Gasteiger partial charge in [0.15, 0.2) is 0 Å². The van der Waals surface area contributed by atoms with Gasteiger partial charge in [-0.15, -0.1) is 0 Å². The molecule has 2 aromatic carbocycles. The molecule has 0 radical (unpaired) electrons. The summed E-state index contributed by atoms with van der Waals surface area (Å²) in [6.45, 7) is 2.03. The summed E-state index contributed by atoms with van der Waals surface area (Å²) >= 11 is 0. The molecule has 6 atom stereocenters. The van der Waals surface area contributed by atoms with E-state index in [-0.39, 0.29) is 36.4 Å². The molecule has 2 heterocycles. The quantitative estimate of drug-likeness (QED) is 0.704. The zero-order valence-corrected chi connectivity index (χ0v) is 15.1. The van der Waals surface area contributed by atoms with Crippen molar-refractivity contribution < 1.29 is 23.7 Å². The molecule has 1 aliphatic carbocycles. The van der Waals surface area contributed by atoms with Gasteiger partial charge in [-0.1, -0.05) is 60.7 Å². The van der Waals surface area contributed by atoms with Crippen LogP contribution in [0.1, 0.15) is 11.1 Å². The van der Waals surface area contributed by atoms with Crippen LogP contribution in [0.5, 0.6) is 0 Å². The van der Waals surface area contributed by atoms with Gasteiger partial charge in [0.05, 0.1) is 32.0 Å². The number of benzene rings is 2. The lowest BCUT2D eigenvalue weighted by Crippen LogP contribution is -2.59. The van der Waals surface area contributed by atoms with Gasteiger partial charge in [-0.05, 0) is 11.1 Å². The summed E-state index contributed by atoms with van der Waals surface area (Å²) in [5.41, 5.74) is 2.32. The average molecular weight is 368 g/mol. The second-order valence-corrected chi connectivity index (χ2v) is 7.37. The van der Waals surface area contributed by atoms with Gasteiger partial charge in [-0.3, -0.25) is 0 Å². The van der Waals surface area contributed by atoms with Crippen molar-refractivity contribution in [3.05, 3.63) is 71.8 Å². The van der Waals surface area contributed by atoms with E-state index in [2.05, 4.69) is 24.3 Å². The van der Waals surface area contributed by atoms with Gasteiger partial charge in [-0.25, -0.2) is 0 Å². The lowest BCUT2D eigenvalue weighted by Gasteiger charge is -2.43. The van der Waals surface area contributed by atoms with Gasteiger partial charge in [0.2, 0.25) is 0 Å². The molecule has 0 unspecified atom stereocenters. The molecule has 3 aliphatic rings. The summed E-state index contributed by atoms with van der Waals surface area (Å²) in [4.78, 5) is 0. The summed E-state index contributed by atoms with van der Waals surface area (Å²) in [5.74, 6) is 0.166. The molecule has 2 bridgehead atoms. The van der Waals surface area contributed by atoms with E-state index in [1.807, 2.05) is 36.4 Å². The van der Waals surface area contributed by atoms with Crippen molar-refractivity contribution in [1.29, 1.82) is 0 Å². The van der Waals surface area contributed by atoms with Crippen molar-refractivity contribution >= 4 is 0 Å². The minimum Gasteiger partial charge on any atom is -0.376 e. The highest BCUT2D eigenvalue weighted by atomic mass is 16.7. The van der Waals surface area contributed by atoms with E-state index in [1.165, 1.54) is 5.56 Å². The topological polar surface area (TPSA) is 49.5 Å². The van der Waals surface area contributed by atoms with Crippen molar-refractivity contribution in [1.82, 2.24) is 0 Å². The van der Waals surface area contributed by atoms with Gasteiger partial charge in [0.1, 0.15) is 25.1 Å². The van der Waals surface area contributed by atoms with E-state index in [0.717, 1.165) is 5.56 Å². The van der Waals surface area contributed by atoms with E-state index in [9.17, 15) is 0 Å². The third-order valence-corrected chi connectivity index (χ3v) is 5.60. The zero-order valence-electron chi connectivity index (χ0n) is 15.1. The number of epoxide rings is 1. The Labute approximate surface area is 159 Å². The Kier molecular flexibility index (Phi) is 4.95. The van der Waals surface area contributed by atoms with Crippen LogP contribution in [0.25, 0.3) is 0 Å². The first-order valence-corrected chi connectivity index (χ1v) is 9.56. The lowest BCUT2D eigenvalue weighted by atomic mass is 9.82. The van der Waals surface area contributed by atoms with Gasteiger partial charge in [0, 0.05) is 5.92 Å². The molecule has 0 N–H and O–H groups in total. The molecule has 2 aromatic rings. The summed E-state index contributed by atoms with van der Waals surface area (Å²) in [6, 6.07) is 20.4. The number of hydrogen-bond acceptors (Lipinski definition) is 5. The van der Waals surface area contributed by atoms with Crippen LogP contribution in [-0.2, 0) is 36.9 Å². The van der Waals surface area contributed by atoms with Crippen LogP contribution in [0, 0.1) is 5.92 Å². The van der Waals surface area contributed by atoms with E-state index in [4.69, 9.17) is 23.7 Å². The fraction of sp³-hybridized carbons (Fsp3) is 0.455. The van der Waals surface area contributed by atoms with E-state index in [0.29, 0.717) is 26.6 Å². The normalized spacial score (nSPS) is 34.1. The molecule has 5 heteroatoms. The zero-order chi connectivity index (χ0) is 18.1. The molecule has 0 spiro atoms. The van der Waals surface area contributed by atoms with Crippen molar-refractivity contribution in [2.24, 2.45) is 5.92 Å². The lowest BCUT2D eigenvalue weighted by molar-refractivity contribution is -0.271. The summed E-state index contributed by atoms with van der Waals surface area (Å²) in [6.07, 6.45) is -0.00764. The van der Waals surface area contributed by atoms with E-state index < -0.39 is 0 Å². The first kappa shape index (κ1) is 17.3. The minimum absolute atomic E-state index is 0.0529. The number of fused-ring (bicyclic) bond motifs is 4. The van der Waals surface area contributed by atoms with Crippen LogP contribution >= 0.6 is 0 Å². The Morgan fingerprint density at radius 2 is 1.41 bits per heavy atom. The molecule has 5 nitrogen and oxygen atoms in total. The largest absolute Gasteiger partial charge is 0.376 e. The van der Waals surface area contributed by atoms with Crippen molar-refractivity contribution in [3.63, 3.8) is 0 Å². The fourth-order valence-corrected chi connectivity index (χ4v) is 4.19. The smallest absolute Gasteiger partial charge is 0.147 e. The molecule has 2 saturated heterocycles. The van der Waals surface area contributed by atoms with Crippen molar-refractivity contribution in [2.45, 2.75) is 43.7 Å². The highest BCUT2D eigenvalue weighted by Gasteiger charge is 2.64. The Balaban J connectivity index is 1.23. The van der Waals surface area contributed by atoms with Crippen LogP contribution in [0.3, 0.4) is 0 Å². The molecule has 142 valence electrons. The molecule has 5 rings (SSSR count). The maximum Gasteiger partial charge on any atom is 0.147 e. The highest BCUT2D eigenvalue weighted by molar-refractivity contribution is 5.15. The average Bonchev–Trinajstić information content (AvgIpc) is 3.51. The predicted molar refractivity (Wildman–Crippen MR) is 97.9 cm³/mol. The van der Waals surface area contributed by atoms with Gasteiger partial charge >= 0.3 is 0 Å². The molecule has 0 amide bonds. The molecule has 2 aliphatic heterocycles. The van der Waals surface area contributed by atoms with Crippen LogP contribution in [0.15, 0.2) is 60.7 Å². The molecule has 1 saturated carbocycles. The molecular weight excluding hydrogens is 344 g/mol. The standard InChI is InChI=1S/C22H24O5/c1-3-7-15(8-4-1)11-23-13-17-18-20(24-12-16-9-5-2-6-10-16)21(26-14-25-18)22-19(17)27-22/h1-10,17-22H,11-14H2/t17-,18-,19-,20+,21-,22-/m1/s1. The third kappa shape index (κ3) is 3.66. The van der Waals surface area contributed by atoms with Gasteiger partial charge in [-0.2, -0.15) is 0 Å². The van der Waals surface area contributed by atoms with Crippen LogP contribution < -0.4 is 0 Å². The number of ether oxygens (including phenoxy) is 5.